The highest BCUT2D eigenvalue weighted by atomic mass is 19.4. The van der Waals surface area contributed by atoms with Crippen molar-refractivity contribution in [3.05, 3.63) is 0 Å². The van der Waals surface area contributed by atoms with Crippen LogP contribution in [-0.4, -0.2) is 18.5 Å². The van der Waals surface area contributed by atoms with Crippen LogP contribution in [0.2, 0.25) is 0 Å². The molecular weight excluding hydrogens is 615 g/mol. The summed E-state index contributed by atoms with van der Waals surface area (Å²) in [4.78, 5) is 0. The molecule has 0 radical (unpaired) electrons. The zero-order chi connectivity index (χ0) is 38.6. The second-order valence-corrected chi connectivity index (χ2v) is 15.1. The van der Waals surface area contributed by atoms with Gasteiger partial charge in [0.25, 0.3) is 0 Å². The maximum atomic E-state index is 11.7. The summed E-state index contributed by atoms with van der Waals surface area (Å²) in [6.45, 7) is 36.8. The average Bonchev–Trinajstić information content (AvgIpc) is 2.88. The van der Waals surface area contributed by atoms with Crippen LogP contribution in [0.3, 0.4) is 0 Å². The molecule has 0 saturated carbocycles. The van der Waals surface area contributed by atoms with Gasteiger partial charge in [-0.25, -0.2) is 0 Å². The highest BCUT2D eigenvalue weighted by molar-refractivity contribution is 4.74. The van der Waals surface area contributed by atoms with Crippen LogP contribution in [0.4, 0.5) is 39.5 Å². The number of hydrogen-bond acceptors (Lipinski definition) is 0. The molecular formula is C37H77F9. The fourth-order valence-corrected chi connectivity index (χ4v) is 1.84. The second kappa shape index (κ2) is 30.4. The highest BCUT2D eigenvalue weighted by Gasteiger charge is 2.55. The minimum absolute atomic E-state index is 0.135. The van der Waals surface area contributed by atoms with Crippen LogP contribution < -0.4 is 0 Å². The fourth-order valence-electron chi connectivity index (χ4n) is 1.84. The number of unbranched alkanes of at least 4 members (excludes halogenated alkanes) is 3. The molecule has 0 N–H and O–H groups in total. The molecule has 0 atom stereocenters. The van der Waals surface area contributed by atoms with Crippen molar-refractivity contribution < 1.29 is 39.5 Å². The van der Waals surface area contributed by atoms with E-state index in [0.717, 1.165) is 30.6 Å². The Balaban J connectivity index is -0.000000107. The topological polar surface area (TPSA) is 0 Å². The molecule has 0 aromatic heterocycles. The Morgan fingerprint density at radius 1 is 0.457 bits per heavy atom. The maximum absolute atomic E-state index is 11.7. The molecule has 0 aliphatic heterocycles. The summed E-state index contributed by atoms with van der Waals surface area (Å²) in [5.74, 6) is -0.532. The normalized spacial score (nSPS) is 12.1. The van der Waals surface area contributed by atoms with E-state index in [1.54, 1.807) is 0 Å². The van der Waals surface area contributed by atoms with E-state index >= 15 is 0 Å². The Bertz CT molecular complexity index is 550. The largest absolute Gasteiger partial charge is 0.400 e. The van der Waals surface area contributed by atoms with Gasteiger partial charge in [0.15, 0.2) is 5.92 Å². The standard InChI is InChI=1S/C7H13F3.C6H8F6.4C6H14/c1-2-3-4-5-6-7(8,9)10;1-2-3-4(5(7,8)9)6(10,11)12;2*1-5-6(2,3)4;1-5(2)6(3)4;1-4-6(3)5-2/h2-6H2,1H3;4H,2-3H2,1H3;2*5H2,1-4H3;5-6H,1-4H3;6H,4-5H2,1-3H3. The number of halogens is 9. The first-order valence-corrected chi connectivity index (χ1v) is 17.5. The SMILES string of the molecule is CC(C)C(C)C.CCC(C)(C)C.CCC(C)(C)C.CCC(C)CC.CCCC(C(F)(F)F)C(F)(F)F.CCCCCCC(F)(F)F. The first-order chi connectivity index (χ1) is 20.3. The summed E-state index contributed by atoms with van der Waals surface area (Å²) in [6, 6.07) is 0. The van der Waals surface area contributed by atoms with Crippen LogP contribution in [0.25, 0.3) is 0 Å². The van der Waals surface area contributed by atoms with Gasteiger partial charge in [0.05, 0.1) is 0 Å². The summed E-state index contributed by atoms with van der Waals surface area (Å²) in [5.41, 5.74) is 1.08. The molecule has 0 aliphatic rings. The van der Waals surface area contributed by atoms with Gasteiger partial charge in [0.1, 0.15) is 0 Å². The van der Waals surface area contributed by atoms with Crippen molar-refractivity contribution in [3.63, 3.8) is 0 Å². The molecule has 0 heterocycles. The Morgan fingerprint density at radius 3 is 0.870 bits per heavy atom. The van der Waals surface area contributed by atoms with Gasteiger partial charge < -0.3 is 0 Å². The molecule has 288 valence electrons. The summed E-state index contributed by atoms with van der Waals surface area (Å²) in [7, 11) is 0. The number of alkyl halides is 9. The fraction of sp³-hybridized carbons (Fsp3) is 1.00. The summed E-state index contributed by atoms with van der Waals surface area (Å²) >= 11 is 0. The molecule has 0 aromatic carbocycles. The van der Waals surface area contributed by atoms with E-state index in [1.807, 2.05) is 6.92 Å². The van der Waals surface area contributed by atoms with Crippen LogP contribution in [0, 0.1) is 34.5 Å². The summed E-state index contributed by atoms with van der Waals surface area (Å²) < 4.78 is 105. The zero-order valence-corrected chi connectivity index (χ0v) is 33.0. The van der Waals surface area contributed by atoms with Crippen molar-refractivity contribution in [1.82, 2.24) is 0 Å². The van der Waals surface area contributed by atoms with E-state index in [9.17, 15) is 39.5 Å². The maximum Gasteiger partial charge on any atom is 0.400 e. The van der Waals surface area contributed by atoms with E-state index in [2.05, 4.69) is 104 Å². The number of rotatable bonds is 9. The quantitative estimate of drug-likeness (QED) is 0.167. The molecule has 0 saturated heterocycles. The van der Waals surface area contributed by atoms with Gasteiger partial charge in [0, 0.05) is 6.42 Å². The Morgan fingerprint density at radius 2 is 0.761 bits per heavy atom. The minimum atomic E-state index is -5.17. The Kier molecular flexibility index (Phi) is 38.1. The molecule has 0 nitrogen and oxygen atoms in total. The minimum Gasteiger partial charge on any atom is -0.171 e. The predicted octanol–water partition coefficient (Wildman–Crippen LogP) is 16.7. The molecule has 0 spiro atoms. The molecule has 0 aromatic rings. The lowest BCUT2D eigenvalue weighted by Crippen LogP contribution is -2.36. The Hall–Kier alpha value is -0.630. The summed E-state index contributed by atoms with van der Waals surface area (Å²) in [5, 5.41) is 0. The van der Waals surface area contributed by atoms with Gasteiger partial charge in [-0.1, -0.05) is 169 Å². The number of hydrogen-bond donors (Lipinski definition) is 0. The zero-order valence-electron chi connectivity index (χ0n) is 33.0. The Labute approximate surface area is 280 Å². The first kappa shape index (κ1) is 57.6. The third kappa shape index (κ3) is 62.2. The van der Waals surface area contributed by atoms with Gasteiger partial charge in [-0.15, -0.1) is 0 Å². The lowest BCUT2D eigenvalue weighted by Gasteiger charge is -2.21. The van der Waals surface area contributed by atoms with Crippen molar-refractivity contribution in [2.24, 2.45) is 34.5 Å². The smallest absolute Gasteiger partial charge is 0.171 e. The molecule has 0 aliphatic carbocycles. The van der Waals surface area contributed by atoms with Crippen LogP contribution >= 0.6 is 0 Å². The predicted molar refractivity (Wildman–Crippen MR) is 184 cm³/mol. The van der Waals surface area contributed by atoms with Crippen molar-refractivity contribution in [2.75, 3.05) is 0 Å². The van der Waals surface area contributed by atoms with Crippen LogP contribution in [0.1, 0.15) is 188 Å². The lowest BCUT2D eigenvalue weighted by atomic mass is 9.94. The van der Waals surface area contributed by atoms with Gasteiger partial charge >= 0.3 is 18.5 Å². The van der Waals surface area contributed by atoms with Crippen molar-refractivity contribution in [1.29, 1.82) is 0 Å². The van der Waals surface area contributed by atoms with E-state index in [1.165, 1.54) is 32.6 Å². The molecule has 0 amide bonds. The van der Waals surface area contributed by atoms with E-state index in [-0.39, 0.29) is 12.8 Å². The van der Waals surface area contributed by atoms with Gasteiger partial charge in [-0.05, 0) is 41.4 Å². The molecule has 0 fully saturated rings. The third-order valence-electron chi connectivity index (χ3n) is 7.53. The average molecular weight is 693 g/mol. The summed E-state index contributed by atoms with van der Waals surface area (Å²) in [6.07, 6.45) is -7.85. The van der Waals surface area contributed by atoms with Crippen molar-refractivity contribution in [3.8, 4) is 0 Å². The molecule has 0 bridgehead atoms. The second-order valence-electron chi connectivity index (χ2n) is 15.1. The van der Waals surface area contributed by atoms with Gasteiger partial charge in [-0.3, -0.25) is 0 Å². The third-order valence-corrected chi connectivity index (χ3v) is 7.53. The first-order valence-electron chi connectivity index (χ1n) is 17.5. The molecule has 46 heavy (non-hydrogen) atoms. The molecule has 0 rings (SSSR count). The molecule has 9 heteroatoms. The van der Waals surface area contributed by atoms with Crippen molar-refractivity contribution >= 4 is 0 Å². The highest BCUT2D eigenvalue weighted by Crippen LogP contribution is 2.41. The molecule has 0 unspecified atom stereocenters. The van der Waals surface area contributed by atoms with E-state index < -0.39 is 37.3 Å². The van der Waals surface area contributed by atoms with Crippen LogP contribution in [-0.2, 0) is 0 Å². The van der Waals surface area contributed by atoms with Crippen LogP contribution in [0.5, 0.6) is 0 Å². The van der Waals surface area contributed by atoms with Crippen molar-refractivity contribution in [2.45, 2.75) is 207 Å². The van der Waals surface area contributed by atoms with Gasteiger partial charge in [-0.2, -0.15) is 39.5 Å². The van der Waals surface area contributed by atoms with E-state index in [0.29, 0.717) is 17.3 Å². The van der Waals surface area contributed by atoms with Gasteiger partial charge in [0.2, 0.25) is 0 Å². The monoisotopic (exact) mass is 693 g/mol. The van der Waals surface area contributed by atoms with E-state index in [4.69, 9.17) is 0 Å². The van der Waals surface area contributed by atoms with Crippen LogP contribution in [0.15, 0.2) is 0 Å². The lowest BCUT2D eigenvalue weighted by molar-refractivity contribution is -0.285.